The lowest BCUT2D eigenvalue weighted by Crippen LogP contribution is -2.60. The number of nitrogens with one attached hydrogen (secondary N) is 4. The SMILES string of the molecule is CCC(CC)NC(=O)N[C@H](C(=O)N1CCCC1C(=O)N[C@@H](CC(=O)O)C(=O)N[C@@H](CC(C)C)C(=O)O)C(C)(C)C. The van der Waals surface area contributed by atoms with Gasteiger partial charge >= 0.3 is 18.0 Å². The average Bonchev–Trinajstić information content (AvgIpc) is 3.33. The van der Waals surface area contributed by atoms with Crippen LogP contribution in [0.25, 0.3) is 0 Å². The predicted molar refractivity (Wildman–Crippen MR) is 147 cm³/mol. The Morgan fingerprint density at radius 2 is 1.50 bits per heavy atom. The van der Waals surface area contributed by atoms with Crippen LogP contribution in [0.4, 0.5) is 4.79 Å². The van der Waals surface area contributed by atoms with Crippen LogP contribution in [0.1, 0.15) is 87.0 Å². The number of carboxylic acid groups (broad SMARTS) is 2. The first-order chi connectivity index (χ1) is 18.5. The van der Waals surface area contributed by atoms with Crippen molar-refractivity contribution in [2.24, 2.45) is 11.3 Å². The zero-order valence-electron chi connectivity index (χ0n) is 24.7. The molecule has 1 unspecified atom stereocenters. The van der Waals surface area contributed by atoms with E-state index in [0.717, 1.165) is 12.8 Å². The molecule has 0 saturated carbocycles. The maximum absolute atomic E-state index is 13.7. The molecule has 0 aromatic carbocycles. The summed E-state index contributed by atoms with van der Waals surface area (Å²) in [6.07, 6.45) is 1.57. The Labute approximate surface area is 236 Å². The highest BCUT2D eigenvalue weighted by Gasteiger charge is 2.43. The van der Waals surface area contributed by atoms with E-state index in [-0.39, 0.29) is 31.3 Å². The average molecular weight is 570 g/mol. The van der Waals surface area contributed by atoms with Crippen LogP contribution in [0.2, 0.25) is 0 Å². The zero-order chi connectivity index (χ0) is 30.8. The van der Waals surface area contributed by atoms with Crippen molar-refractivity contribution in [2.45, 2.75) is 117 Å². The first-order valence-corrected chi connectivity index (χ1v) is 13.9. The Kier molecular flexibility index (Phi) is 13.4. The molecule has 1 rings (SSSR count). The number of hydrogen-bond donors (Lipinski definition) is 6. The van der Waals surface area contributed by atoms with Crippen LogP contribution < -0.4 is 21.3 Å². The summed E-state index contributed by atoms with van der Waals surface area (Å²) in [6, 6.07) is -5.29. The third-order valence-corrected chi connectivity index (χ3v) is 6.88. The summed E-state index contributed by atoms with van der Waals surface area (Å²) < 4.78 is 0. The third-order valence-electron chi connectivity index (χ3n) is 6.88. The topological polar surface area (TPSA) is 194 Å². The monoisotopic (exact) mass is 569 g/mol. The molecule has 0 aliphatic carbocycles. The maximum atomic E-state index is 13.7. The molecule has 0 radical (unpaired) electrons. The number of carbonyl (C=O) groups excluding carboxylic acids is 4. The van der Waals surface area contributed by atoms with E-state index in [1.165, 1.54) is 4.90 Å². The minimum absolute atomic E-state index is 0.0559. The molecule has 1 fully saturated rings. The fourth-order valence-electron chi connectivity index (χ4n) is 4.59. The van der Waals surface area contributed by atoms with Crippen LogP contribution in [0.15, 0.2) is 0 Å². The Balaban J connectivity index is 3.10. The van der Waals surface area contributed by atoms with Gasteiger partial charge in [-0.05, 0) is 43.4 Å². The Bertz CT molecular complexity index is 928. The highest BCUT2D eigenvalue weighted by Crippen LogP contribution is 2.26. The number of carboxylic acids is 2. The van der Waals surface area contributed by atoms with Crippen LogP contribution >= 0.6 is 0 Å². The number of nitrogens with zero attached hydrogens (tertiary/aromatic N) is 1. The highest BCUT2D eigenvalue weighted by molar-refractivity contribution is 5.96. The van der Waals surface area contributed by atoms with Crippen molar-refractivity contribution in [2.75, 3.05) is 6.54 Å². The van der Waals surface area contributed by atoms with E-state index in [1.807, 2.05) is 13.8 Å². The summed E-state index contributed by atoms with van der Waals surface area (Å²) in [5.41, 5.74) is -0.694. The van der Waals surface area contributed by atoms with Gasteiger partial charge in [-0.25, -0.2) is 9.59 Å². The van der Waals surface area contributed by atoms with Gasteiger partial charge in [0.2, 0.25) is 17.7 Å². The molecule has 40 heavy (non-hydrogen) atoms. The van der Waals surface area contributed by atoms with E-state index in [0.29, 0.717) is 6.42 Å². The van der Waals surface area contributed by atoms with Gasteiger partial charge in [-0.3, -0.25) is 19.2 Å². The molecule has 4 atom stereocenters. The molecule has 0 bridgehead atoms. The summed E-state index contributed by atoms with van der Waals surface area (Å²) in [5, 5.41) is 29.1. The van der Waals surface area contributed by atoms with Crippen LogP contribution in [0.3, 0.4) is 0 Å². The van der Waals surface area contributed by atoms with Crippen molar-refractivity contribution in [3.8, 4) is 0 Å². The highest BCUT2D eigenvalue weighted by atomic mass is 16.4. The lowest BCUT2D eigenvalue weighted by Gasteiger charge is -2.36. The van der Waals surface area contributed by atoms with Gasteiger partial charge in [0.15, 0.2) is 0 Å². The standard InChI is InChI=1S/C27H47N5O8/c1-8-16(9-2)28-26(40)31-21(27(5,6)7)24(37)32-12-10-11-19(32)23(36)29-17(14-20(33)34)22(35)30-18(25(38)39)13-15(3)4/h15-19,21H,8-14H2,1-7H3,(H,29,36)(H,30,35)(H,33,34)(H,38,39)(H2,28,31,40)/t17-,18-,19?,21+/m0/s1. The zero-order valence-corrected chi connectivity index (χ0v) is 24.7. The number of amides is 5. The second-order valence-electron chi connectivity index (χ2n) is 11.8. The van der Waals surface area contributed by atoms with Crippen molar-refractivity contribution >= 4 is 35.7 Å². The van der Waals surface area contributed by atoms with E-state index in [2.05, 4.69) is 21.3 Å². The van der Waals surface area contributed by atoms with Gasteiger partial charge in [-0.15, -0.1) is 0 Å². The summed E-state index contributed by atoms with van der Waals surface area (Å²) in [5.74, 6) is -4.83. The van der Waals surface area contributed by atoms with E-state index in [9.17, 15) is 39.0 Å². The van der Waals surface area contributed by atoms with Gasteiger partial charge in [0.25, 0.3) is 0 Å². The largest absolute Gasteiger partial charge is 0.481 e. The van der Waals surface area contributed by atoms with Crippen molar-refractivity contribution in [3.63, 3.8) is 0 Å². The Morgan fingerprint density at radius 1 is 0.900 bits per heavy atom. The van der Waals surface area contributed by atoms with Gasteiger partial charge in [0.05, 0.1) is 6.42 Å². The number of carbonyl (C=O) groups is 6. The lowest BCUT2D eigenvalue weighted by molar-refractivity contribution is -0.145. The molecule has 1 aliphatic rings. The molecule has 0 spiro atoms. The van der Waals surface area contributed by atoms with Crippen LogP contribution in [-0.2, 0) is 24.0 Å². The Morgan fingerprint density at radius 3 is 1.98 bits per heavy atom. The van der Waals surface area contributed by atoms with E-state index in [4.69, 9.17) is 0 Å². The molecule has 228 valence electrons. The fraction of sp³-hybridized carbons (Fsp3) is 0.778. The van der Waals surface area contributed by atoms with Crippen molar-refractivity contribution in [1.82, 2.24) is 26.2 Å². The maximum Gasteiger partial charge on any atom is 0.326 e. The smallest absolute Gasteiger partial charge is 0.326 e. The minimum Gasteiger partial charge on any atom is -0.481 e. The molecule has 13 heteroatoms. The normalized spacial score (nSPS) is 17.6. The number of hydrogen-bond acceptors (Lipinski definition) is 6. The van der Waals surface area contributed by atoms with Gasteiger partial charge in [0, 0.05) is 12.6 Å². The number of urea groups is 1. The van der Waals surface area contributed by atoms with Gasteiger partial charge in [0.1, 0.15) is 24.2 Å². The first kappa shape index (κ1) is 34.6. The fourth-order valence-corrected chi connectivity index (χ4v) is 4.59. The molecular formula is C27H47N5O8. The molecule has 5 amide bonds. The third kappa shape index (κ3) is 10.6. The molecule has 0 aromatic rings. The molecule has 1 heterocycles. The number of rotatable bonds is 14. The summed E-state index contributed by atoms with van der Waals surface area (Å²) in [6.45, 7) is 13.1. The predicted octanol–water partition coefficient (Wildman–Crippen LogP) is 1.45. The van der Waals surface area contributed by atoms with Crippen molar-refractivity contribution in [3.05, 3.63) is 0 Å². The molecule has 1 saturated heterocycles. The summed E-state index contributed by atoms with van der Waals surface area (Å²) in [7, 11) is 0. The van der Waals surface area contributed by atoms with Crippen molar-refractivity contribution < 1.29 is 39.0 Å². The van der Waals surface area contributed by atoms with E-state index in [1.54, 1.807) is 34.6 Å². The molecule has 0 aromatic heterocycles. The van der Waals surface area contributed by atoms with E-state index >= 15 is 0 Å². The molecule has 1 aliphatic heterocycles. The molecule has 6 N–H and O–H groups in total. The molecule has 13 nitrogen and oxygen atoms in total. The Hall–Kier alpha value is -3.38. The van der Waals surface area contributed by atoms with Gasteiger partial charge < -0.3 is 36.4 Å². The van der Waals surface area contributed by atoms with Crippen molar-refractivity contribution in [1.29, 1.82) is 0 Å². The number of likely N-dealkylation sites (tertiary alicyclic amines) is 1. The number of aliphatic carboxylic acids is 2. The second-order valence-corrected chi connectivity index (χ2v) is 11.8. The van der Waals surface area contributed by atoms with Crippen LogP contribution in [-0.4, -0.2) is 87.6 Å². The van der Waals surface area contributed by atoms with E-state index < -0.39 is 71.7 Å². The van der Waals surface area contributed by atoms with Crippen LogP contribution in [0.5, 0.6) is 0 Å². The summed E-state index contributed by atoms with van der Waals surface area (Å²) in [4.78, 5) is 76.8. The van der Waals surface area contributed by atoms with Gasteiger partial charge in [-0.1, -0.05) is 48.5 Å². The van der Waals surface area contributed by atoms with Crippen LogP contribution in [0, 0.1) is 11.3 Å². The first-order valence-electron chi connectivity index (χ1n) is 13.9. The van der Waals surface area contributed by atoms with Gasteiger partial charge in [-0.2, -0.15) is 0 Å². The quantitative estimate of drug-likeness (QED) is 0.181. The summed E-state index contributed by atoms with van der Waals surface area (Å²) >= 11 is 0. The molecular weight excluding hydrogens is 522 g/mol. The second kappa shape index (κ2) is 15.4. The lowest BCUT2D eigenvalue weighted by atomic mass is 9.85. The minimum atomic E-state index is -1.54.